The van der Waals surface area contributed by atoms with Gasteiger partial charge in [-0.1, -0.05) is 26.7 Å². The van der Waals surface area contributed by atoms with E-state index >= 15 is 0 Å². The lowest BCUT2D eigenvalue weighted by Gasteiger charge is -2.40. The van der Waals surface area contributed by atoms with Gasteiger partial charge < -0.3 is 4.74 Å². The number of morpholine rings is 1. The normalized spacial score (nSPS) is 25.4. The smallest absolute Gasteiger partial charge is 0.0857 e. The Labute approximate surface area is 124 Å². The molecule has 2 atom stereocenters. The number of rotatable bonds is 8. The van der Waals surface area contributed by atoms with E-state index in [1.807, 2.05) is 11.8 Å². The molecule has 0 saturated carbocycles. The van der Waals surface area contributed by atoms with Crippen molar-refractivity contribution in [1.29, 1.82) is 0 Å². The molecule has 0 aromatic heterocycles. The molecule has 1 aliphatic heterocycles. The van der Waals surface area contributed by atoms with E-state index in [0.29, 0.717) is 12.1 Å². The predicted molar refractivity (Wildman–Crippen MR) is 85.9 cm³/mol. The van der Waals surface area contributed by atoms with Gasteiger partial charge in [0.15, 0.2) is 0 Å². The van der Waals surface area contributed by atoms with E-state index < -0.39 is 0 Å². The fourth-order valence-corrected chi connectivity index (χ4v) is 3.35. The van der Waals surface area contributed by atoms with Crippen LogP contribution in [-0.2, 0) is 4.74 Å². The number of thioether (sulfide) groups is 1. The first-order valence-electron chi connectivity index (χ1n) is 7.54. The molecule has 4 heteroatoms. The molecule has 0 aromatic carbocycles. The van der Waals surface area contributed by atoms with Crippen molar-refractivity contribution < 1.29 is 4.74 Å². The van der Waals surface area contributed by atoms with Gasteiger partial charge in [0.1, 0.15) is 0 Å². The Bertz CT molecular complexity index is 238. The van der Waals surface area contributed by atoms with Crippen molar-refractivity contribution in [2.24, 2.45) is 5.92 Å². The first kappa shape index (κ1) is 17.3. The van der Waals surface area contributed by atoms with Crippen molar-refractivity contribution >= 4 is 11.8 Å². The molecule has 114 valence electrons. The quantitative estimate of drug-likeness (QED) is 0.638. The summed E-state index contributed by atoms with van der Waals surface area (Å²) in [5, 5.41) is 0. The van der Waals surface area contributed by atoms with E-state index in [1.54, 1.807) is 0 Å². The maximum absolute atomic E-state index is 6.04. The Morgan fingerprint density at radius 1 is 1.42 bits per heavy atom. The molecule has 19 heavy (non-hydrogen) atoms. The van der Waals surface area contributed by atoms with Gasteiger partial charge in [0.25, 0.3) is 0 Å². The number of nitrogens with zero attached hydrogens (tertiary/aromatic N) is 2. The first-order valence-corrected chi connectivity index (χ1v) is 8.93. The zero-order valence-corrected chi connectivity index (χ0v) is 14.2. The molecule has 0 spiro atoms. The van der Waals surface area contributed by atoms with Crippen LogP contribution in [0, 0.1) is 5.92 Å². The minimum Gasteiger partial charge on any atom is -0.374 e. The summed E-state index contributed by atoms with van der Waals surface area (Å²) in [6, 6.07) is 0.594. The van der Waals surface area contributed by atoms with Crippen LogP contribution in [0.1, 0.15) is 33.1 Å². The lowest BCUT2D eigenvalue weighted by Crippen LogP contribution is -2.53. The third kappa shape index (κ3) is 6.48. The summed E-state index contributed by atoms with van der Waals surface area (Å²) >= 11 is 1.88. The molecule has 0 aliphatic carbocycles. The van der Waals surface area contributed by atoms with E-state index in [-0.39, 0.29) is 0 Å². The number of hydrogen-bond donors (Lipinski definition) is 0. The standard InChI is InChI=1S/C15H32N2OS/c1-13(2)7-6-8-14-15(11-16(3)12-19-5)18-10-9-17(14)4/h13-15H,6-12H2,1-5H3. The van der Waals surface area contributed by atoms with E-state index in [1.165, 1.54) is 19.3 Å². The molecule has 2 unspecified atom stereocenters. The Balaban J connectivity index is 2.44. The average molecular weight is 289 g/mol. The summed E-state index contributed by atoms with van der Waals surface area (Å²) < 4.78 is 6.04. The lowest BCUT2D eigenvalue weighted by molar-refractivity contribution is -0.0732. The van der Waals surface area contributed by atoms with Gasteiger partial charge in [0.2, 0.25) is 0 Å². The third-order valence-corrected chi connectivity index (χ3v) is 4.59. The number of likely N-dealkylation sites (N-methyl/N-ethyl adjacent to an activating group) is 2. The Kier molecular flexibility index (Phi) is 8.38. The van der Waals surface area contributed by atoms with Crippen molar-refractivity contribution in [3.63, 3.8) is 0 Å². The van der Waals surface area contributed by atoms with Crippen LogP contribution >= 0.6 is 11.8 Å². The second-order valence-corrected chi connectivity index (χ2v) is 7.07. The minimum atomic E-state index is 0.378. The first-order chi connectivity index (χ1) is 9.04. The molecule has 1 heterocycles. The largest absolute Gasteiger partial charge is 0.374 e. The van der Waals surface area contributed by atoms with E-state index in [2.05, 4.69) is 44.0 Å². The second kappa shape index (κ2) is 9.22. The van der Waals surface area contributed by atoms with Crippen LogP contribution < -0.4 is 0 Å². The Morgan fingerprint density at radius 3 is 2.79 bits per heavy atom. The van der Waals surface area contributed by atoms with Crippen LogP contribution in [-0.4, -0.2) is 67.9 Å². The topological polar surface area (TPSA) is 15.7 Å². The Hall–Kier alpha value is 0.230. The fourth-order valence-electron chi connectivity index (χ4n) is 2.80. The molecule has 1 saturated heterocycles. The van der Waals surface area contributed by atoms with Gasteiger partial charge >= 0.3 is 0 Å². The molecule has 0 bridgehead atoms. The van der Waals surface area contributed by atoms with E-state index in [0.717, 1.165) is 31.5 Å². The highest BCUT2D eigenvalue weighted by Crippen LogP contribution is 2.20. The summed E-state index contributed by atoms with van der Waals surface area (Å²) in [5.41, 5.74) is 0. The van der Waals surface area contributed by atoms with Crippen LogP contribution in [0.25, 0.3) is 0 Å². The second-order valence-electron chi connectivity index (χ2n) is 6.24. The molecule has 1 aliphatic rings. The molecule has 0 aromatic rings. The van der Waals surface area contributed by atoms with Gasteiger partial charge in [-0.2, -0.15) is 0 Å². The van der Waals surface area contributed by atoms with Crippen LogP contribution in [0.2, 0.25) is 0 Å². The van der Waals surface area contributed by atoms with Crippen molar-refractivity contribution in [3.8, 4) is 0 Å². The summed E-state index contributed by atoms with van der Waals surface area (Å²) in [4.78, 5) is 4.88. The molecule has 1 rings (SSSR count). The maximum atomic E-state index is 6.04. The van der Waals surface area contributed by atoms with E-state index in [9.17, 15) is 0 Å². The zero-order valence-electron chi connectivity index (χ0n) is 13.4. The Morgan fingerprint density at radius 2 is 2.16 bits per heavy atom. The van der Waals surface area contributed by atoms with Crippen molar-refractivity contribution in [2.75, 3.05) is 45.9 Å². The minimum absolute atomic E-state index is 0.378. The van der Waals surface area contributed by atoms with Crippen molar-refractivity contribution in [3.05, 3.63) is 0 Å². The van der Waals surface area contributed by atoms with Crippen LogP contribution in [0.5, 0.6) is 0 Å². The van der Waals surface area contributed by atoms with Gasteiger partial charge in [0, 0.05) is 25.0 Å². The van der Waals surface area contributed by atoms with E-state index in [4.69, 9.17) is 4.74 Å². The summed E-state index contributed by atoms with van der Waals surface area (Å²) in [6.45, 7) is 7.64. The molecule has 0 radical (unpaired) electrons. The van der Waals surface area contributed by atoms with Crippen molar-refractivity contribution in [2.45, 2.75) is 45.3 Å². The summed E-state index contributed by atoms with van der Waals surface area (Å²) in [6.07, 6.45) is 6.45. The summed E-state index contributed by atoms with van der Waals surface area (Å²) in [5.74, 6) is 1.90. The highest BCUT2D eigenvalue weighted by Gasteiger charge is 2.30. The third-order valence-electron chi connectivity index (χ3n) is 3.89. The van der Waals surface area contributed by atoms with Gasteiger partial charge in [-0.25, -0.2) is 0 Å². The average Bonchev–Trinajstić information content (AvgIpc) is 2.32. The van der Waals surface area contributed by atoms with Crippen LogP contribution in [0.3, 0.4) is 0 Å². The summed E-state index contributed by atoms with van der Waals surface area (Å²) in [7, 11) is 4.45. The molecular weight excluding hydrogens is 256 g/mol. The van der Waals surface area contributed by atoms with Gasteiger partial charge in [-0.05, 0) is 32.7 Å². The highest BCUT2D eigenvalue weighted by molar-refractivity contribution is 7.98. The van der Waals surface area contributed by atoms with Gasteiger partial charge in [-0.15, -0.1) is 11.8 Å². The van der Waals surface area contributed by atoms with Crippen LogP contribution in [0.4, 0.5) is 0 Å². The molecular formula is C15H32N2OS. The molecule has 1 fully saturated rings. The van der Waals surface area contributed by atoms with Gasteiger partial charge in [0.05, 0.1) is 12.7 Å². The molecule has 0 amide bonds. The SMILES string of the molecule is CSCN(C)CC1OCCN(C)C1CCCC(C)C. The zero-order chi connectivity index (χ0) is 14.3. The predicted octanol–water partition coefficient (Wildman–Crippen LogP) is 2.76. The lowest BCUT2D eigenvalue weighted by atomic mass is 9.97. The maximum Gasteiger partial charge on any atom is 0.0857 e. The molecule has 3 nitrogen and oxygen atoms in total. The highest BCUT2D eigenvalue weighted by atomic mass is 32.2. The van der Waals surface area contributed by atoms with Gasteiger partial charge in [-0.3, -0.25) is 9.80 Å². The number of ether oxygens (including phenoxy) is 1. The fraction of sp³-hybridized carbons (Fsp3) is 1.00. The number of hydrogen-bond acceptors (Lipinski definition) is 4. The van der Waals surface area contributed by atoms with Crippen LogP contribution in [0.15, 0.2) is 0 Å². The molecule has 0 N–H and O–H groups in total. The monoisotopic (exact) mass is 288 g/mol. The van der Waals surface area contributed by atoms with Crippen molar-refractivity contribution in [1.82, 2.24) is 9.80 Å².